The lowest BCUT2D eigenvalue weighted by Crippen LogP contribution is -1.93. The zero-order chi connectivity index (χ0) is 14.5. The van der Waals surface area contributed by atoms with Gasteiger partial charge in [0.25, 0.3) is 0 Å². The smallest absolute Gasteiger partial charge is 0.205 e. The zero-order valence-electron chi connectivity index (χ0n) is 12.1. The molecule has 0 aromatic heterocycles. The summed E-state index contributed by atoms with van der Waals surface area (Å²) in [5.41, 5.74) is 0.893. The van der Waals surface area contributed by atoms with Crippen molar-refractivity contribution < 1.29 is 9.90 Å². The summed E-state index contributed by atoms with van der Waals surface area (Å²) in [6, 6.07) is 9.60. The Balaban J connectivity index is 2.05. The topological polar surface area (TPSA) is 37.3 Å². The predicted molar refractivity (Wildman–Crippen MR) is 82.3 cm³/mol. The van der Waals surface area contributed by atoms with Crippen LogP contribution in [0.2, 0.25) is 0 Å². The molecular weight excluding hydrogens is 248 g/mol. The second-order valence-electron chi connectivity index (χ2n) is 4.99. The molecule has 0 spiro atoms. The fraction of sp³-hybridized carbons (Fsp3) is 0.500. The minimum atomic E-state index is 0.0362. The molecule has 0 aliphatic rings. The second-order valence-corrected chi connectivity index (χ2v) is 4.99. The number of aliphatic hydroxyl groups is 1. The Morgan fingerprint density at radius 2 is 1.50 bits per heavy atom. The highest BCUT2D eigenvalue weighted by atomic mass is 16.2. The van der Waals surface area contributed by atoms with Crippen molar-refractivity contribution in [2.24, 2.45) is 0 Å². The zero-order valence-corrected chi connectivity index (χ0v) is 12.1. The van der Waals surface area contributed by atoms with Crippen molar-refractivity contribution in [3.8, 4) is 11.8 Å². The first kappa shape index (κ1) is 16.5. The van der Waals surface area contributed by atoms with Crippen molar-refractivity contribution in [1.82, 2.24) is 0 Å². The summed E-state index contributed by atoms with van der Waals surface area (Å²) in [4.78, 5) is 11.6. The van der Waals surface area contributed by atoms with Crippen molar-refractivity contribution in [1.29, 1.82) is 0 Å². The standard InChI is InChI=1S/C18H24O2/c19-16-10-5-3-1-2-4-9-13-18(20)15-14-17-11-7-6-8-12-17/h6-8,11-12,19H,1-5,9-10,13,16H2. The Morgan fingerprint density at radius 1 is 0.900 bits per heavy atom. The number of unbranched alkanes of at least 4 members (excludes halogenated alkanes) is 6. The number of aliphatic hydroxyl groups excluding tert-OH is 1. The van der Waals surface area contributed by atoms with Crippen LogP contribution in [0, 0.1) is 11.8 Å². The Morgan fingerprint density at radius 3 is 2.15 bits per heavy atom. The van der Waals surface area contributed by atoms with Gasteiger partial charge in [-0.15, -0.1) is 0 Å². The molecule has 0 aliphatic heterocycles. The van der Waals surface area contributed by atoms with E-state index >= 15 is 0 Å². The molecule has 0 amide bonds. The van der Waals surface area contributed by atoms with Crippen LogP contribution >= 0.6 is 0 Å². The monoisotopic (exact) mass is 272 g/mol. The highest BCUT2D eigenvalue weighted by molar-refractivity contribution is 5.95. The van der Waals surface area contributed by atoms with Crippen LogP contribution in [-0.4, -0.2) is 17.5 Å². The largest absolute Gasteiger partial charge is 0.396 e. The summed E-state index contributed by atoms with van der Waals surface area (Å²) >= 11 is 0. The van der Waals surface area contributed by atoms with Crippen LogP contribution in [0.5, 0.6) is 0 Å². The molecule has 2 nitrogen and oxygen atoms in total. The molecule has 0 radical (unpaired) electrons. The van der Waals surface area contributed by atoms with E-state index in [0.29, 0.717) is 13.0 Å². The number of rotatable bonds is 9. The van der Waals surface area contributed by atoms with Crippen LogP contribution in [-0.2, 0) is 4.79 Å². The summed E-state index contributed by atoms with van der Waals surface area (Å²) in [5.74, 6) is 5.63. The Bertz CT molecular complexity index is 426. The molecule has 0 atom stereocenters. The van der Waals surface area contributed by atoms with Gasteiger partial charge in [-0.25, -0.2) is 0 Å². The molecule has 0 heterocycles. The van der Waals surface area contributed by atoms with Crippen LogP contribution in [0.3, 0.4) is 0 Å². The van der Waals surface area contributed by atoms with Crippen LogP contribution < -0.4 is 0 Å². The summed E-state index contributed by atoms with van der Waals surface area (Å²) in [5, 5.41) is 8.65. The second kappa shape index (κ2) is 11.3. The van der Waals surface area contributed by atoms with Gasteiger partial charge in [0.15, 0.2) is 0 Å². The van der Waals surface area contributed by atoms with Gasteiger partial charge in [-0.1, -0.05) is 56.2 Å². The molecule has 0 aliphatic carbocycles. The molecule has 1 N–H and O–H groups in total. The van der Waals surface area contributed by atoms with Gasteiger partial charge in [0.2, 0.25) is 5.78 Å². The van der Waals surface area contributed by atoms with Gasteiger partial charge in [-0.3, -0.25) is 4.79 Å². The fourth-order valence-electron chi connectivity index (χ4n) is 2.01. The van der Waals surface area contributed by atoms with E-state index in [1.165, 1.54) is 19.3 Å². The molecule has 0 fully saturated rings. The Kier molecular flexibility index (Phi) is 9.26. The molecule has 108 valence electrons. The minimum Gasteiger partial charge on any atom is -0.396 e. The molecule has 20 heavy (non-hydrogen) atoms. The molecule has 1 rings (SSSR count). The van der Waals surface area contributed by atoms with E-state index in [9.17, 15) is 4.79 Å². The molecule has 0 unspecified atom stereocenters. The van der Waals surface area contributed by atoms with Crippen LogP contribution in [0.4, 0.5) is 0 Å². The predicted octanol–water partition coefficient (Wildman–Crippen LogP) is 3.72. The van der Waals surface area contributed by atoms with Gasteiger partial charge in [-0.2, -0.15) is 0 Å². The van der Waals surface area contributed by atoms with E-state index in [1.807, 2.05) is 30.3 Å². The first-order valence-corrected chi connectivity index (χ1v) is 7.53. The highest BCUT2D eigenvalue weighted by Gasteiger charge is 1.97. The van der Waals surface area contributed by atoms with Gasteiger partial charge in [0.1, 0.15) is 0 Å². The maximum absolute atomic E-state index is 11.6. The van der Waals surface area contributed by atoms with Crippen LogP contribution in [0.1, 0.15) is 56.9 Å². The normalized spacial score (nSPS) is 9.85. The van der Waals surface area contributed by atoms with Crippen molar-refractivity contribution >= 4 is 5.78 Å². The van der Waals surface area contributed by atoms with Crippen molar-refractivity contribution in [2.45, 2.75) is 51.4 Å². The maximum atomic E-state index is 11.6. The lowest BCUT2D eigenvalue weighted by Gasteiger charge is -1.99. The number of ketones is 1. The van der Waals surface area contributed by atoms with Gasteiger partial charge < -0.3 is 5.11 Å². The van der Waals surface area contributed by atoms with E-state index < -0.39 is 0 Å². The molecular formula is C18H24O2. The van der Waals surface area contributed by atoms with E-state index in [1.54, 1.807) is 0 Å². The molecule has 1 aromatic rings. The molecule has 0 bridgehead atoms. The van der Waals surface area contributed by atoms with Gasteiger partial charge in [-0.05, 0) is 30.9 Å². The quantitative estimate of drug-likeness (QED) is 0.549. The van der Waals surface area contributed by atoms with Crippen molar-refractivity contribution in [3.05, 3.63) is 35.9 Å². The summed E-state index contributed by atoms with van der Waals surface area (Å²) in [7, 11) is 0. The summed E-state index contributed by atoms with van der Waals surface area (Å²) in [6.07, 6.45) is 8.17. The average molecular weight is 272 g/mol. The number of hydrogen-bond acceptors (Lipinski definition) is 2. The third-order valence-corrected chi connectivity index (χ3v) is 3.18. The number of carbonyl (C=O) groups is 1. The Labute approximate surface area is 122 Å². The van der Waals surface area contributed by atoms with E-state index in [0.717, 1.165) is 31.2 Å². The average Bonchev–Trinajstić information content (AvgIpc) is 2.49. The van der Waals surface area contributed by atoms with E-state index in [-0.39, 0.29) is 5.78 Å². The minimum absolute atomic E-state index is 0.0362. The number of hydrogen-bond donors (Lipinski definition) is 1. The van der Waals surface area contributed by atoms with E-state index in [2.05, 4.69) is 11.8 Å². The summed E-state index contributed by atoms with van der Waals surface area (Å²) < 4.78 is 0. The maximum Gasteiger partial charge on any atom is 0.205 e. The van der Waals surface area contributed by atoms with Crippen LogP contribution in [0.15, 0.2) is 30.3 Å². The van der Waals surface area contributed by atoms with Gasteiger partial charge >= 0.3 is 0 Å². The molecule has 1 aromatic carbocycles. The highest BCUT2D eigenvalue weighted by Crippen LogP contribution is 2.08. The number of carbonyl (C=O) groups excluding carboxylic acids is 1. The molecule has 2 heteroatoms. The Hall–Kier alpha value is -1.59. The number of Topliss-reactive ketones (excluding diaryl/α,β-unsaturated/α-hetero) is 1. The van der Waals surface area contributed by atoms with E-state index in [4.69, 9.17) is 5.11 Å². The van der Waals surface area contributed by atoms with Gasteiger partial charge in [0, 0.05) is 18.6 Å². The van der Waals surface area contributed by atoms with Crippen molar-refractivity contribution in [2.75, 3.05) is 6.61 Å². The first-order valence-electron chi connectivity index (χ1n) is 7.53. The lowest BCUT2D eigenvalue weighted by atomic mass is 10.1. The third kappa shape index (κ3) is 8.50. The van der Waals surface area contributed by atoms with Gasteiger partial charge in [0.05, 0.1) is 0 Å². The summed E-state index contributed by atoms with van der Waals surface area (Å²) in [6.45, 7) is 0.300. The SMILES string of the molecule is O=C(C#Cc1ccccc1)CCCCCCCCCO. The lowest BCUT2D eigenvalue weighted by molar-refractivity contribution is -0.113. The fourth-order valence-corrected chi connectivity index (χ4v) is 2.01. The molecule has 0 saturated heterocycles. The first-order chi connectivity index (χ1) is 9.83. The third-order valence-electron chi connectivity index (χ3n) is 3.18. The van der Waals surface area contributed by atoms with Crippen LogP contribution in [0.25, 0.3) is 0 Å². The number of benzene rings is 1. The molecule has 0 saturated carbocycles. The van der Waals surface area contributed by atoms with Crippen molar-refractivity contribution in [3.63, 3.8) is 0 Å².